The lowest BCUT2D eigenvalue weighted by Gasteiger charge is -2.30. The van der Waals surface area contributed by atoms with Gasteiger partial charge in [0.05, 0.1) is 10.7 Å². The van der Waals surface area contributed by atoms with Gasteiger partial charge in [0.25, 0.3) is 0 Å². The number of rotatable bonds is 2. The second kappa shape index (κ2) is 5.50. The Morgan fingerprint density at radius 2 is 2.11 bits per heavy atom. The highest BCUT2D eigenvalue weighted by Crippen LogP contribution is 2.35. The minimum atomic E-state index is 0.162. The summed E-state index contributed by atoms with van der Waals surface area (Å²) in [7, 11) is 0. The van der Waals surface area contributed by atoms with Crippen LogP contribution in [0.4, 0.5) is 0 Å². The highest BCUT2D eigenvalue weighted by molar-refractivity contribution is 7.09. The smallest absolute Gasteiger partial charge is 0.0931 e. The van der Waals surface area contributed by atoms with Gasteiger partial charge in [-0.3, -0.25) is 0 Å². The van der Waals surface area contributed by atoms with Gasteiger partial charge in [0.1, 0.15) is 0 Å². The Balaban J connectivity index is 2.02. The van der Waals surface area contributed by atoms with Gasteiger partial charge in [-0.25, -0.2) is 4.98 Å². The molecule has 0 spiro atoms. The normalized spacial score (nSPS) is 29.5. The van der Waals surface area contributed by atoms with Crippen LogP contribution in [0, 0.1) is 11.8 Å². The fraction of sp³-hybridized carbons (Fsp3) is 0.800. The van der Waals surface area contributed by atoms with Crippen LogP contribution in [0.2, 0.25) is 0 Å². The maximum Gasteiger partial charge on any atom is 0.0931 e. The van der Waals surface area contributed by atoms with Crippen LogP contribution in [0.1, 0.15) is 57.7 Å². The fourth-order valence-electron chi connectivity index (χ4n) is 2.65. The van der Waals surface area contributed by atoms with Gasteiger partial charge in [-0.1, -0.05) is 27.7 Å². The van der Waals surface area contributed by atoms with Gasteiger partial charge in [-0.15, -0.1) is 22.9 Å². The van der Waals surface area contributed by atoms with E-state index in [2.05, 4.69) is 33.1 Å². The van der Waals surface area contributed by atoms with Crippen molar-refractivity contribution in [1.29, 1.82) is 0 Å². The van der Waals surface area contributed by atoms with E-state index < -0.39 is 0 Å². The molecule has 1 aromatic heterocycles. The predicted octanol–water partition coefficient (Wildman–Crippen LogP) is 5.03. The van der Waals surface area contributed by atoms with Crippen LogP contribution in [0.25, 0.3) is 0 Å². The molecule has 0 saturated heterocycles. The number of halogens is 1. The standard InChI is InChI=1S/C15H24ClNS/c1-10-5-6-12(16)11(7-10)8-14-17-13(9-18-14)15(2,3)4/h9-12H,5-8H2,1-4H3. The average Bonchev–Trinajstić information content (AvgIpc) is 2.71. The Morgan fingerprint density at radius 3 is 2.72 bits per heavy atom. The number of aromatic nitrogens is 1. The maximum absolute atomic E-state index is 6.47. The van der Waals surface area contributed by atoms with Crippen molar-refractivity contribution in [2.24, 2.45) is 11.8 Å². The van der Waals surface area contributed by atoms with Crippen LogP contribution in [-0.4, -0.2) is 10.4 Å². The highest BCUT2D eigenvalue weighted by Gasteiger charge is 2.28. The molecule has 3 heteroatoms. The minimum absolute atomic E-state index is 0.162. The quantitative estimate of drug-likeness (QED) is 0.695. The molecule has 0 amide bonds. The summed E-state index contributed by atoms with van der Waals surface area (Å²) in [5.74, 6) is 1.45. The van der Waals surface area contributed by atoms with E-state index in [0.29, 0.717) is 11.3 Å². The van der Waals surface area contributed by atoms with Crippen molar-refractivity contribution >= 4 is 22.9 Å². The molecule has 1 heterocycles. The molecule has 1 aromatic rings. The van der Waals surface area contributed by atoms with E-state index in [1.807, 2.05) is 0 Å². The molecule has 3 atom stereocenters. The Hall–Kier alpha value is -0.0800. The van der Waals surface area contributed by atoms with Gasteiger partial charge in [0, 0.05) is 22.6 Å². The molecule has 0 radical (unpaired) electrons. The lowest BCUT2D eigenvalue weighted by atomic mass is 9.80. The summed E-state index contributed by atoms with van der Waals surface area (Å²) in [6, 6.07) is 0. The summed E-state index contributed by atoms with van der Waals surface area (Å²) in [6.07, 6.45) is 4.79. The van der Waals surface area contributed by atoms with Crippen molar-refractivity contribution in [3.05, 3.63) is 16.1 Å². The monoisotopic (exact) mass is 285 g/mol. The van der Waals surface area contributed by atoms with Crippen molar-refractivity contribution in [3.63, 3.8) is 0 Å². The highest BCUT2D eigenvalue weighted by atomic mass is 35.5. The van der Waals surface area contributed by atoms with Crippen LogP contribution >= 0.6 is 22.9 Å². The number of hydrogen-bond acceptors (Lipinski definition) is 2. The van der Waals surface area contributed by atoms with Crippen molar-refractivity contribution in [2.75, 3.05) is 0 Å². The van der Waals surface area contributed by atoms with Crippen molar-refractivity contribution < 1.29 is 0 Å². The second-order valence-electron chi connectivity index (χ2n) is 6.77. The molecule has 0 aromatic carbocycles. The predicted molar refractivity (Wildman–Crippen MR) is 80.7 cm³/mol. The molecule has 1 aliphatic rings. The fourth-order valence-corrected chi connectivity index (χ4v) is 4.08. The van der Waals surface area contributed by atoms with Gasteiger partial charge in [0.2, 0.25) is 0 Å². The summed E-state index contributed by atoms with van der Waals surface area (Å²) >= 11 is 8.28. The van der Waals surface area contributed by atoms with Crippen molar-refractivity contribution in [1.82, 2.24) is 4.98 Å². The average molecular weight is 286 g/mol. The van der Waals surface area contributed by atoms with Gasteiger partial charge < -0.3 is 0 Å². The van der Waals surface area contributed by atoms with Gasteiger partial charge >= 0.3 is 0 Å². The Kier molecular flexibility index (Phi) is 4.38. The summed E-state index contributed by atoms with van der Waals surface area (Å²) in [6.45, 7) is 9.01. The lowest BCUT2D eigenvalue weighted by molar-refractivity contribution is 0.287. The van der Waals surface area contributed by atoms with Crippen LogP contribution in [0.5, 0.6) is 0 Å². The Labute approximate surface area is 120 Å². The van der Waals surface area contributed by atoms with Gasteiger partial charge in [0.15, 0.2) is 0 Å². The molecule has 1 saturated carbocycles. The first-order valence-corrected chi connectivity index (χ1v) is 8.27. The molecular formula is C15H24ClNS. The first kappa shape index (κ1) is 14.3. The summed E-state index contributed by atoms with van der Waals surface area (Å²) in [4.78, 5) is 4.79. The van der Waals surface area contributed by atoms with Crippen LogP contribution in [0.15, 0.2) is 5.38 Å². The summed E-state index contributed by atoms with van der Waals surface area (Å²) < 4.78 is 0. The van der Waals surface area contributed by atoms with Crippen LogP contribution < -0.4 is 0 Å². The topological polar surface area (TPSA) is 12.9 Å². The third kappa shape index (κ3) is 3.48. The molecule has 0 aliphatic heterocycles. The molecule has 2 rings (SSSR count). The largest absolute Gasteiger partial charge is 0.246 e. The Bertz CT molecular complexity index is 393. The van der Waals surface area contributed by atoms with Crippen LogP contribution in [-0.2, 0) is 11.8 Å². The van der Waals surface area contributed by atoms with Gasteiger partial charge in [-0.05, 0) is 31.1 Å². The number of hydrogen-bond donors (Lipinski definition) is 0. The molecule has 1 fully saturated rings. The molecule has 102 valence electrons. The minimum Gasteiger partial charge on any atom is -0.246 e. The number of nitrogens with zero attached hydrogens (tertiary/aromatic N) is 1. The Morgan fingerprint density at radius 1 is 1.39 bits per heavy atom. The molecule has 0 bridgehead atoms. The third-order valence-corrected chi connectivity index (χ3v) is 5.35. The van der Waals surface area contributed by atoms with E-state index >= 15 is 0 Å². The molecular weight excluding hydrogens is 262 g/mol. The molecule has 1 aliphatic carbocycles. The van der Waals surface area contributed by atoms with Gasteiger partial charge in [-0.2, -0.15) is 0 Å². The van der Waals surface area contributed by atoms with E-state index in [1.54, 1.807) is 11.3 Å². The second-order valence-corrected chi connectivity index (χ2v) is 8.28. The van der Waals surface area contributed by atoms with E-state index in [9.17, 15) is 0 Å². The number of alkyl halides is 1. The number of thiazole rings is 1. The zero-order valence-electron chi connectivity index (χ0n) is 11.9. The molecule has 0 N–H and O–H groups in total. The zero-order chi connectivity index (χ0) is 13.3. The summed E-state index contributed by atoms with van der Waals surface area (Å²) in [5, 5.41) is 3.83. The maximum atomic E-state index is 6.47. The molecule has 3 unspecified atom stereocenters. The SMILES string of the molecule is CC1CCC(Cl)C(Cc2nc(C(C)(C)C)cs2)C1. The van der Waals surface area contributed by atoms with Crippen LogP contribution in [0.3, 0.4) is 0 Å². The first-order valence-electron chi connectivity index (χ1n) is 6.95. The third-order valence-electron chi connectivity index (χ3n) is 3.91. The molecule has 1 nitrogen and oxygen atoms in total. The lowest BCUT2D eigenvalue weighted by Crippen LogP contribution is -2.26. The van der Waals surface area contributed by atoms with E-state index in [-0.39, 0.29) is 5.41 Å². The van der Waals surface area contributed by atoms with Crippen molar-refractivity contribution in [3.8, 4) is 0 Å². The van der Waals surface area contributed by atoms with Crippen molar-refractivity contribution in [2.45, 2.75) is 64.2 Å². The van der Waals surface area contributed by atoms with E-state index in [1.165, 1.54) is 30.0 Å². The zero-order valence-corrected chi connectivity index (χ0v) is 13.4. The van der Waals surface area contributed by atoms with E-state index in [4.69, 9.17) is 16.6 Å². The van der Waals surface area contributed by atoms with E-state index in [0.717, 1.165) is 12.3 Å². The molecule has 18 heavy (non-hydrogen) atoms. The summed E-state index contributed by atoms with van der Waals surface area (Å²) in [5.41, 5.74) is 1.38. The first-order chi connectivity index (χ1) is 8.36.